The predicted molar refractivity (Wildman–Crippen MR) is 156 cm³/mol. The number of nitrogens with zero attached hydrogens (tertiary/aromatic N) is 5. The summed E-state index contributed by atoms with van der Waals surface area (Å²) < 4.78 is 18.7. The van der Waals surface area contributed by atoms with Gasteiger partial charge in [-0.25, -0.2) is 9.48 Å². The van der Waals surface area contributed by atoms with Crippen molar-refractivity contribution in [1.29, 1.82) is 0 Å². The Bertz CT molecular complexity index is 1680. The van der Waals surface area contributed by atoms with E-state index in [1.54, 1.807) is 25.1 Å². The lowest BCUT2D eigenvalue weighted by Crippen LogP contribution is -2.83. The van der Waals surface area contributed by atoms with Crippen molar-refractivity contribution in [2.45, 2.75) is 50.0 Å². The fraction of sp³-hybridized carbons (Fsp3) is 0.345. The Hall–Kier alpha value is -4.80. The summed E-state index contributed by atoms with van der Waals surface area (Å²) in [4.78, 5) is 52.2. The molecule has 15 nitrogen and oxygen atoms in total. The molecule has 236 valence electrons. The number of methoxy groups -OCH3 is 1. The van der Waals surface area contributed by atoms with Gasteiger partial charge in [0, 0.05) is 24.9 Å². The first-order valence-electron chi connectivity index (χ1n) is 13.8. The Labute approximate surface area is 261 Å². The van der Waals surface area contributed by atoms with Crippen LogP contribution in [0.15, 0.2) is 65.0 Å². The highest BCUT2D eigenvalue weighted by atomic mass is 32.2. The molecule has 0 aliphatic carbocycles. The molecule has 3 atom stereocenters. The lowest BCUT2D eigenvalue weighted by Gasteiger charge is -2.57. The second-order valence-corrected chi connectivity index (χ2v) is 11.1. The Kier molecular flexibility index (Phi) is 9.17. The summed E-state index contributed by atoms with van der Waals surface area (Å²) in [6, 6.07) is 14.1. The standard InChI is InChI=1S/C29H30N6O9S/c1-4-43-20-11-6-5-10-18(20)24(38)30-29(42-3)26(41)35-23(25(39)40)19(15-45-28-31-32-33-34(28)14-22(36)37)21(44-27(29)35)13-17-9-7-8-16(2)12-17/h5-12,21,27H,4,13-15H2,1-3H3,(H,30,38)(H,36,37)(H,39,40)/t21?,27-,29+/m1/s1. The highest BCUT2D eigenvalue weighted by Crippen LogP contribution is 2.44. The Morgan fingerprint density at radius 1 is 1.16 bits per heavy atom. The van der Waals surface area contributed by atoms with Gasteiger partial charge in [-0.15, -0.1) is 5.10 Å². The van der Waals surface area contributed by atoms with Crippen LogP contribution in [0.2, 0.25) is 0 Å². The monoisotopic (exact) mass is 638 g/mol. The summed E-state index contributed by atoms with van der Waals surface area (Å²) in [5, 5.41) is 33.4. The zero-order valence-electron chi connectivity index (χ0n) is 24.5. The minimum absolute atomic E-state index is 0.0529. The van der Waals surface area contributed by atoms with Gasteiger partial charge in [0.1, 0.15) is 18.0 Å². The van der Waals surface area contributed by atoms with Crippen molar-refractivity contribution >= 4 is 35.5 Å². The lowest BCUT2D eigenvalue weighted by atomic mass is 9.90. The van der Waals surface area contributed by atoms with E-state index in [1.165, 1.54) is 13.2 Å². The number of benzene rings is 2. The van der Waals surface area contributed by atoms with Crippen molar-refractivity contribution in [1.82, 2.24) is 30.4 Å². The van der Waals surface area contributed by atoms with Crippen molar-refractivity contribution in [2.75, 3.05) is 19.5 Å². The number of carboxylic acids is 2. The number of aryl methyl sites for hydroxylation is 1. The maximum atomic E-state index is 13.8. The third-order valence-corrected chi connectivity index (χ3v) is 8.25. The molecule has 1 saturated heterocycles. The van der Waals surface area contributed by atoms with Gasteiger partial charge in [-0.05, 0) is 42.0 Å². The van der Waals surface area contributed by atoms with Crippen molar-refractivity contribution in [3.63, 3.8) is 0 Å². The van der Waals surface area contributed by atoms with E-state index in [-0.39, 0.29) is 34.2 Å². The molecule has 0 bridgehead atoms. The van der Waals surface area contributed by atoms with E-state index in [4.69, 9.17) is 14.2 Å². The largest absolute Gasteiger partial charge is 0.493 e. The van der Waals surface area contributed by atoms with Gasteiger partial charge in [-0.2, -0.15) is 0 Å². The number of aromatic nitrogens is 4. The third-order valence-electron chi connectivity index (χ3n) is 7.25. The number of β-lactam (4-membered cyclic amide) rings is 1. The summed E-state index contributed by atoms with van der Waals surface area (Å²) >= 11 is 0.999. The number of aliphatic carboxylic acids is 2. The molecule has 1 unspecified atom stereocenters. The van der Waals surface area contributed by atoms with Crippen LogP contribution in [0.25, 0.3) is 0 Å². The topological polar surface area (TPSA) is 195 Å². The van der Waals surface area contributed by atoms with Crippen LogP contribution < -0.4 is 10.1 Å². The molecule has 0 saturated carbocycles. The molecule has 1 aromatic heterocycles. The van der Waals surface area contributed by atoms with Crippen LogP contribution >= 0.6 is 11.8 Å². The van der Waals surface area contributed by atoms with E-state index in [9.17, 15) is 29.4 Å². The number of rotatable bonds is 13. The molecule has 2 aliphatic heterocycles. The predicted octanol–water partition coefficient (Wildman–Crippen LogP) is 1.48. The zero-order chi connectivity index (χ0) is 32.3. The van der Waals surface area contributed by atoms with Gasteiger partial charge in [0.2, 0.25) is 5.16 Å². The number of carboxylic acid groups (broad SMARTS) is 2. The summed E-state index contributed by atoms with van der Waals surface area (Å²) in [5.41, 5.74) is -0.177. The van der Waals surface area contributed by atoms with E-state index >= 15 is 0 Å². The van der Waals surface area contributed by atoms with Gasteiger partial charge in [0.15, 0.2) is 6.23 Å². The van der Waals surface area contributed by atoms with E-state index in [0.29, 0.717) is 12.4 Å². The number of hydrogen-bond donors (Lipinski definition) is 3. The van der Waals surface area contributed by atoms with Gasteiger partial charge < -0.3 is 29.7 Å². The molecule has 2 amide bonds. The lowest BCUT2D eigenvalue weighted by molar-refractivity contribution is -0.266. The molecule has 3 N–H and O–H groups in total. The van der Waals surface area contributed by atoms with Crippen LogP contribution in [0, 0.1) is 6.92 Å². The Morgan fingerprint density at radius 3 is 2.62 bits per heavy atom. The molecule has 1 fully saturated rings. The van der Waals surface area contributed by atoms with E-state index < -0.39 is 48.4 Å². The number of carbonyl (C=O) groups is 4. The van der Waals surface area contributed by atoms with E-state index in [0.717, 1.165) is 32.5 Å². The van der Waals surface area contributed by atoms with Gasteiger partial charge in [-0.1, -0.05) is 53.7 Å². The average Bonchev–Trinajstić information content (AvgIpc) is 3.44. The average molecular weight is 639 g/mol. The molecule has 3 heterocycles. The third kappa shape index (κ3) is 6.11. The molecular formula is C29H30N6O9S. The Morgan fingerprint density at radius 2 is 1.93 bits per heavy atom. The number of para-hydroxylation sites is 1. The number of hydrogen-bond acceptors (Lipinski definition) is 11. The summed E-state index contributed by atoms with van der Waals surface area (Å²) in [6.45, 7) is 3.49. The molecule has 2 aliphatic rings. The fourth-order valence-corrected chi connectivity index (χ4v) is 6.20. The second kappa shape index (κ2) is 13.1. The van der Waals surface area contributed by atoms with Crippen molar-refractivity contribution in [2.24, 2.45) is 0 Å². The number of carbonyl (C=O) groups excluding carboxylic acids is 2. The van der Waals surface area contributed by atoms with Crippen LogP contribution in [-0.2, 0) is 36.8 Å². The summed E-state index contributed by atoms with van der Waals surface area (Å²) in [7, 11) is 1.22. The summed E-state index contributed by atoms with van der Waals surface area (Å²) in [5.74, 6) is -3.84. The molecular weight excluding hydrogens is 608 g/mol. The first kappa shape index (κ1) is 31.6. The van der Waals surface area contributed by atoms with Crippen molar-refractivity contribution < 1.29 is 43.6 Å². The Balaban J connectivity index is 1.52. The number of ether oxygens (including phenoxy) is 3. The van der Waals surface area contributed by atoms with Crippen LogP contribution in [0.5, 0.6) is 5.75 Å². The van der Waals surface area contributed by atoms with Crippen molar-refractivity contribution in [3.8, 4) is 5.75 Å². The maximum Gasteiger partial charge on any atom is 0.352 e. The molecule has 3 aromatic rings. The minimum atomic E-state index is -2.04. The number of thioether (sulfide) groups is 1. The van der Waals surface area contributed by atoms with Gasteiger partial charge in [0.05, 0.1) is 18.3 Å². The minimum Gasteiger partial charge on any atom is -0.493 e. The highest BCUT2D eigenvalue weighted by Gasteiger charge is 2.68. The quantitative estimate of drug-likeness (QED) is 0.138. The fourth-order valence-electron chi connectivity index (χ4n) is 5.25. The molecule has 0 spiro atoms. The van der Waals surface area contributed by atoms with E-state index in [1.807, 2.05) is 31.2 Å². The number of fused-ring (bicyclic) bond motifs is 1. The van der Waals surface area contributed by atoms with Gasteiger partial charge >= 0.3 is 11.9 Å². The van der Waals surface area contributed by atoms with Gasteiger partial charge in [-0.3, -0.25) is 19.3 Å². The van der Waals surface area contributed by atoms with Crippen LogP contribution in [-0.4, -0.2) is 96.6 Å². The first-order chi connectivity index (χ1) is 21.6. The number of amides is 2. The smallest absolute Gasteiger partial charge is 0.352 e. The number of tetrazole rings is 1. The van der Waals surface area contributed by atoms with Crippen molar-refractivity contribution in [3.05, 3.63) is 76.5 Å². The second-order valence-electron chi connectivity index (χ2n) is 10.1. The normalized spacial score (nSPS) is 20.8. The van der Waals surface area contributed by atoms with Crippen LogP contribution in [0.1, 0.15) is 28.4 Å². The summed E-state index contributed by atoms with van der Waals surface area (Å²) in [6.07, 6.45) is -2.01. The molecule has 0 radical (unpaired) electrons. The molecule has 5 rings (SSSR count). The molecule has 45 heavy (non-hydrogen) atoms. The zero-order valence-corrected chi connectivity index (χ0v) is 25.3. The molecule has 16 heteroatoms. The highest BCUT2D eigenvalue weighted by molar-refractivity contribution is 7.99. The van der Waals surface area contributed by atoms with Crippen LogP contribution in [0.3, 0.4) is 0 Å². The number of nitrogens with one attached hydrogen (secondary N) is 1. The maximum absolute atomic E-state index is 13.8. The van der Waals surface area contributed by atoms with Gasteiger partial charge in [0.25, 0.3) is 17.5 Å². The molecule has 2 aromatic carbocycles. The van der Waals surface area contributed by atoms with E-state index in [2.05, 4.69) is 20.8 Å². The SMILES string of the molecule is CCOc1ccccc1C(=O)N[C@]1(OC)C(=O)N2C(C(=O)O)=C(CSc3nnnn3CC(=O)O)C(Cc3cccc(C)c3)O[C@@H]21. The first-order valence-corrected chi connectivity index (χ1v) is 14.8. The van der Waals surface area contributed by atoms with Crippen LogP contribution in [0.4, 0.5) is 0 Å².